The number of nitrogens with zero attached hydrogens (tertiary/aromatic N) is 4. The number of carbonyl (C=O) groups excluding carboxylic acids is 1. The maximum absolute atomic E-state index is 12.3. The third-order valence-electron chi connectivity index (χ3n) is 4.59. The minimum absolute atomic E-state index is 0.106. The van der Waals surface area contributed by atoms with Gasteiger partial charge in [0.05, 0.1) is 24.3 Å². The van der Waals surface area contributed by atoms with E-state index in [0.717, 1.165) is 30.8 Å². The maximum atomic E-state index is 12.3. The fraction of sp³-hybridized carbons (Fsp3) is 0.500. The average molecular weight is 342 g/mol. The van der Waals surface area contributed by atoms with E-state index in [-0.39, 0.29) is 18.1 Å². The summed E-state index contributed by atoms with van der Waals surface area (Å²) in [4.78, 5) is 18.8. The van der Waals surface area contributed by atoms with E-state index >= 15 is 0 Å². The summed E-state index contributed by atoms with van der Waals surface area (Å²) in [6, 6.07) is 7.92. The molecule has 0 bridgehead atoms. The van der Waals surface area contributed by atoms with Crippen molar-refractivity contribution in [2.24, 2.45) is 0 Å². The second kappa shape index (κ2) is 8.00. The quantitative estimate of drug-likeness (QED) is 0.874. The first-order valence-corrected chi connectivity index (χ1v) is 8.80. The van der Waals surface area contributed by atoms with E-state index in [9.17, 15) is 4.79 Å². The van der Waals surface area contributed by atoms with Gasteiger partial charge < -0.3 is 15.5 Å². The number of nitrogens with one attached hydrogen (secondary N) is 2. The standard InChI is InChI=1S/C18H26N6O/c1-23(2)17-10-5-7-14(21-17)13-19-18(25)22-15-8-3-4-9-16(15)24-12-6-11-20-24/h5-7,10-12,15-16H,3-4,8-9,13H2,1-2H3,(H2,19,22,25)/t15-,16+/m0/s1. The molecule has 2 aromatic rings. The van der Waals surface area contributed by atoms with Gasteiger partial charge in [0.2, 0.25) is 0 Å². The third-order valence-corrected chi connectivity index (χ3v) is 4.59. The molecule has 0 spiro atoms. The average Bonchev–Trinajstić information content (AvgIpc) is 3.15. The van der Waals surface area contributed by atoms with Gasteiger partial charge in [-0.1, -0.05) is 18.9 Å². The Labute approximate surface area is 148 Å². The molecule has 1 fully saturated rings. The van der Waals surface area contributed by atoms with Crippen LogP contribution in [0.2, 0.25) is 0 Å². The molecule has 0 radical (unpaired) electrons. The van der Waals surface area contributed by atoms with Crippen molar-refractivity contribution in [2.45, 2.75) is 44.3 Å². The molecule has 2 aromatic heterocycles. The van der Waals surface area contributed by atoms with Gasteiger partial charge in [0, 0.05) is 26.5 Å². The predicted molar refractivity (Wildman–Crippen MR) is 97.5 cm³/mol. The van der Waals surface area contributed by atoms with Gasteiger partial charge in [-0.2, -0.15) is 5.10 Å². The Morgan fingerprint density at radius 2 is 2.12 bits per heavy atom. The van der Waals surface area contributed by atoms with Gasteiger partial charge in [0.25, 0.3) is 0 Å². The molecule has 1 aliphatic rings. The number of carbonyl (C=O) groups is 1. The molecule has 2 heterocycles. The lowest BCUT2D eigenvalue weighted by Gasteiger charge is -2.32. The van der Waals surface area contributed by atoms with Gasteiger partial charge in [-0.15, -0.1) is 0 Å². The molecule has 2 atom stereocenters. The molecule has 3 rings (SSSR count). The zero-order valence-electron chi connectivity index (χ0n) is 14.9. The van der Waals surface area contributed by atoms with Crippen LogP contribution in [0.25, 0.3) is 0 Å². The van der Waals surface area contributed by atoms with Crippen LogP contribution >= 0.6 is 0 Å². The number of hydrogen-bond donors (Lipinski definition) is 2. The smallest absolute Gasteiger partial charge is 0.315 e. The molecule has 7 nitrogen and oxygen atoms in total. The molecule has 2 amide bonds. The van der Waals surface area contributed by atoms with Crippen LogP contribution < -0.4 is 15.5 Å². The minimum Gasteiger partial charge on any atom is -0.363 e. The molecule has 0 saturated heterocycles. The summed E-state index contributed by atoms with van der Waals surface area (Å²) < 4.78 is 1.96. The summed E-state index contributed by atoms with van der Waals surface area (Å²) in [5, 5.41) is 10.4. The van der Waals surface area contributed by atoms with E-state index in [0.29, 0.717) is 6.54 Å². The monoisotopic (exact) mass is 342 g/mol. The van der Waals surface area contributed by atoms with Crippen LogP contribution in [-0.4, -0.2) is 40.9 Å². The van der Waals surface area contributed by atoms with E-state index in [1.807, 2.05) is 54.1 Å². The molecular weight excluding hydrogens is 316 g/mol. The molecule has 0 aliphatic heterocycles. The molecule has 0 unspecified atom stereocenters. The molecule has 25 heavy (non-hydrogen) atoms. The highest BCUT2D eigenvalue weighted by Crippen LogP contribution is 2.27. The van der Waals surface area contributed by atoms with Gasteiger partial charge in [-0.05, 0) is 31.0 Å². The van der Waals surface area contributed by atoms with Crippen molar-refractivity contribution in [3.63, 3.8) is 0 Å². The van der Waals surface area contributed by atoms with Crippen molar-refractivity contribution < 1.29 is 4.79 Å². The Balaban J connectivity index is 1.55. The number of pyridine rings is 1. The van der Waals surface area contributed by atoms with Crippen molar-refractivity contribution in [1.29, 1.82) is 0 Å². The summed E-state index contributed by atoms with van der Waals surface area (Å²) in [7, 11) is 3.90. The van der Waals surface area contributed by atoms with Crippen molar-refractivity contribution in [2.75, 3.05) is 19.0 Å². The summed E-state index contributed by atoms with van der Waals surface area (Å²) in [6.45, 7) is 0.409. The normalized spacial score (nSPS) is 20.1. The maximum Gasteiger partial charge on any atom is 0.315 e. The first-order chi connectivity index (χ1) is 12.1. The molecule has 7 heteroatoms. The third kappa shape index (κ3) is 4.49. The van der Waals surface area contributed by atoms with E-state index in [1.165, 1.54) is 6.42 Å². The zero-order valence-corrected chi connectivity index (χ0v) is 14.9. The topological polar surface area (TPSA) is 75.1 Å². The van der Waals surface area contributed by atoms with E-state index in [4.69, 9.17) is 0 Å². The van der Waals surface area contributed by atoms with Crippen LogP contribution in [0.4, 0.5) is 10.6 Å². The van der Waals surface area contributed by atoms with Crippen molar-refractivity contribution in [1.82, 2.24) is 25.4 Å². The van der Waals surface area contributed by atoms with Gasteiger partial charge in [0.1, 0.15) is 5.82 Å². The minimum atomic E-state index is -0.152. The largest absolute Gasteiger partial charge is 0.363 e. The van der Waals surface area contributed by atoms with Crippen LogP contribution in [0.3, 0.4) is 0 Å². The van der Waals surface area contributed by atoms with Gasteiger partial charge in [-0.3, -0.25) is 4.68 Å². The first kappa shape index (κ1) is 17.3. The highest BCUT2D eigenvalue weighted by atomic mass is 16.2. The zero-order chi connectivity index (χ0) is 17.6. The van der Waals surface area contributed by atoms with Gasteiger partial charge in [0.15, 0.2) is 0 Å². The second-order valence-corrected chi connectivity index (χ2v) is 6.65. The predicted octanol–water partition coefficient (Wildman–Crippen LogP) is 2.33. The van der Waals surface area contributed by atoms with E-state index < -0.39 is 0 Å². The van der Waals surface area contributed by atoms with Gasteiger partial charge in [-0.25, -0.2) is 9.78 Å². The second-order valence-electron chi connectivity index (χ2n) is 6.65. The highest BCUT2D eigenvalue weighted by molar-refractivity contribution is 5.74. The molecule has 2 N–H and O–H groups in total. The Morgan fingerprint density at radius 1 is 1.28 bits per heavy atom. The lowest BCUT2D eigenvalue weighted by molar-refractivity contribution is 0.213. The Morgan fingerprint density at radius 3 is 2.88 bits per heavy atom. The Kier molecular flexibility index (Phi) is 5.53. The molecule has 1 saturated carbocycles. The van der Waals surface area contributed by atoms with Gasteiger partial charge >= 0.3 is 6.03 Å². The molecule has 1 aliphatic carbocycles. The van der Waals surface area contributed by atoms with Crippen LogP contribution in [0.15, 0.2) is 36.7 Å². The fourth-order valence-electron chi connectivity index (χ4n) is 3.28. The number of urea groups is 1. The Bertz CT molecular complexity index is 685. The lowest BCUT2D eigenvalue weighted by atomic mass is 9.90. The molecule has 134 valence electrons. The van der Waals surface area contributed by atoms with Crippen molar-refractivity contribution >= 4 is 11.8 Å². The van der Waals surface area contributed by atoms with Crippen LogP contribution in [0, 0.1) is 0 Å². The van der Waals surface area contributed by atoms with Crippen LogP contribution in [-0.2, 0) is 6.54 Å². The van der Waals surface area contributed by atoms with Crippen molar-refractivity contribution in [3.8, 4) is 0 Å². The molecular formula is C18H26N6O. The summed E-state index contributed by atoms with van der Waals surface area (Å²) in [5.41, 5.74) is 0.841. The lowest BCUT2D eigenvalue weighted by Crippen LogP contribution is -2.47. The van der Waals surface area contributed by atoms with Crippen LogP contribution in [0.5, 0.6) is 0 Å². The highest BCUT2D eigenvalue weighted by Gasteiger charge is 2.28. The SMILES string of the molecule is CN(C)c1cccc(CNC(=O)N[C@H]2CCCC[C@H]2n2cccn2)n1. The van der Waals surface area contributed by atoms with E-state index in [2.05, 4.69) is 20.7 Å². The van der Waals surface area contributed by atoms with Crippen molar-refractivity contribution in [3.05, 3.63) is 42.4 Å². The van der Waals surface area contributed by atoms with Crippen LogP contribution in [0.1, 0.15) is 37.4 Å². The number of anilines is 1. The fourth-order valence-corrected chi connectivity index (χ4v) is 3.28. The number of amides is 2. The summed E-state index contributed by atoms with van der Waals surface area (Å²) >= 11 is 0. The number of rotatable bonds is 5. The molecule has 0 aromatic carbocycles. The number of aromatic nitrogens is 3. The number of hydrogen-bond acceptors (Lipinski definition) is 4. The summed E-state index contributed by atoms with van der Waals surface area (Å²) in [5.74, 6) is 0.880. The summed E-state index contributed by atoms with van der Waals surface area (Å²) in [6.07, 6.45) is 8.08. The Hall–Kier alpha value is -2.57. The van der Waals surface area contributed by atoms with E-state index in [1.54, 1.807) is 6.20 Å². The first-order valence-electron chi connectivity index (χ1n) is 8.80.